The topological polar surface area (TPSA) is 124 Å². The number of nitrogens with zero attached hydrogens (tertiary/aromatic N) is 5. The molecular formula is C26H32F2N6O4S. The van der Waals surface area contributed by atoms with Crippen LogP contribution >= 0.6 is 11.8 Å². The van der Waals surface area contributed by atoms with Crippen LogP contribution in [-0.2, 0) is 14.3 Å². The van der Waals surface area contributed by atoms with Crippen LogP contribution in [0.5, 0.6) is 0 Å². The van der Waals surface area contributed by atoms with Gasteiger partial charge in [0, 0.05) is 24.1 Å². The third-order valence-electron chi connectivity index (χ3n) is 6.99. The quantitative estimate of drug-likeness (QED) is 0.190. The molecule has 3 aromatic rings. The predicted molar refractivity (Wildman–Crippen MR) is 141 cm³/mol. The number of esters is 1. The van der Waals surface area contributed by atoms with E-state index in [2.05, 4.69) is 22.6 Å². The number of aromatic nitrogens is 5. The number of anilines is 1. The van der Waals surface area contributed by atoms with Crippen molar-refractivity contribution in [3.05, 3.63) is 35.4 Å². The zero-order chi connectivity index (χ0) is 27.5. The van der Waals surface area contributed by atoms with Crippen molar-refractivity contribution < 1.29 is 28.2 Å². The van der Waals surface area contributed by atoms with E-state index < -0.39 is 17.7 Å². The van der Waals surface area contributed by atoms with E-state index in [1.54, 1.807) is 17.7 Å². The minimum Gasteiger partial charge on any atom is -0.466 e. The Hall–Kier alpha value is -2.90. The third kappa shape index (κ3) is 6.15. The molecule has 10 nitrogen and oxygen atoms in total. The van der Waals surface area contributed by atoms with E-state index in [1.165, 1.54) is 17.8 Å². The average Bonchev–Trinajstić information content (AvgIpc) is 3.36. The van der Waals surface area contributed by atoms with Gasteiger partial charge in [0.25, 0.3) is 0 Å². The number of thioether (sulfide) groups is 1. The van der Waals surface area contributed by atoms with Crippen molar-refractivity contribution in [2.24, 2.45) is 0 Å². The molecule has 1 aliphatic heterocycles. The second kappa shape index (κ2) is 12.1. The molecule has 1 aliphatic carbocycles. The van der Waals surface area contributed by atoms with Crippen molar-refractivity contribution in [3.63, 3.8) is 0 Å². The van der Waals surface area contributed by atoms with Gasteiger partial charge >= 0.3 is 5.97 Å². The maximum Gasteiger partial charge on any atom is 0.305 e. The summed E-state index contributed by atoms with van der Waals surface area (Å²) in [5.74, 6) is -0.626. The highest BCUT2D eigenvalue weighted by atomic mass is 32.2. The lowest BCUT2D eigenvalue weighted by atomic mass is 10.1. The fourth-order valence-electron chi connectivity index (χ4n) is 4.97. The second-order valence-electron chi connectivity index (χ2n) is 9.80. The van der Waals surface area contributed by atoms with Gasteiger partial charge in [-0.25, -0.2) is 23.4 Å². The molecule has 2 aliphatic rings. The smallest absolute Gasteiger partial charge is 0.305 e. The second-order valence-corrected chi connectivity index (χ2v) is 10.9. The fourth-order valence-corrected chi connectivity index (χ4v) is 5.66. The molecule has 2 N–H and O–H groups in total. The summed E-state index contributed by atoms with van der Waals surface area (Å²) >= 11 is 1.52. The van der Waals surface area contributed by atoms with Crippen molar-refractivity contribution in [2.45, 2.75) is 81.3 Å². The van der Waals surface area contributed by atoms with Crippen LogP contribution in [0, 0.1) is 11.6 Å². The molecule has 2 fully saturated rings. The predicted octanol–water partition coefficient (Wildman–Crippen LogP) is 4.00. The Kier molecular flexibility index (Phi) is 8.57. The van der Waals surface area contributed by atoms with Gasteiger partial charge in [-0.1, -0.05) is 30.0 Å². The number of aliphatic hydroxyl groups excluding tert-OH is 1. The summed E-state index contributed by atoms with van der Waals surface area (Å²) in [5, 5.41) is 22.8. The first-order valence-corrected chi connectivity index (χ1v) is 14.3. The van der Waals surface area contributed by atoms with Crippen molar-refractivity contribution in [2.75, 3.05) is 24.3 Å². The molecular weight excluding hydrogens is 530 g/mol. The van der Waals surface area contributed by atoms with Crippen molar-refractivity contribution in [1.29, 1.82) is 0 Å². The minimum absolute atomic E-state index is 0.0191. The Morgan fingerprint density at radius 1 is 1.26 bits per heavy atom. The Labute approximate surface area is 228 Å². The largest absolute Gasteiger partial charge is 0.466 e. The summed E-state index contributed by atoms with van der Waals surface area (Å²) < 4.78 is 39.9. The Morgan fingerprint density at radius 2 is 2.10 bits per heavy atom. The molecule has 210 valence electrons. The van der Waals surface area contributed by atoms with Gasteiger partial charge in [0.05, 0.1) is 25.4 Å². The van der Waals surface area contributed by atoms with Gasteiger partial charge in [0.15, 0.2) is 33.8 Å². The summed E-state index contributed by atoms with van der Waals surface area (Å²) in [6.45, 7) is 3.95. The molecule has 0 unspecified atom stereocenters. The highest BCUT2D eigenvalue weighted by molar-refractivity contribution is 7.99. The normalized spacial score (nSPS) is 24.3. The number of benzene rings is 1. The van der Waals surface area contributed by atoms with Crippen LogP contribution < -0.4 is 5.32 Å². The number of carbonyl (C=O) groups is 1. The van der Waals surface area contributed by atoms with E-state index in [0.29, 0.717) is 41.6 Å². The average molecular weight is 563 g/mol. The van der Waals surface area contributed by atoms with Crippen molar-refractivity contribution >= 4 is 34.7 Å². The van der Waals surface area contributed by atoms with Crippen LogP contribution in [0.3, 0.4) is 0 Å². The number of rotatable bonds is 12. The number of nitrogens with one attached hydrogen (secondary N) is 1. The number of hydrogen-bond donors (Lipinski definition) is 2. The first kappa shape index (κ1) is 27.7. The number of fused-ring (bicyclic) bond motifs is 1. The van der Waals surface area contributed by atoms with Gasteiger partial charge in [0.2, 0.25) is 0 Å². The monoisotopic (exact) mass is 562 g/mol. The molecule has 39 heavy (non-hydrogen) atoms. The molecule has 3 heterocycles. The Bertz CT molecular complexity index is 1330. The van der Waals surface area contributed by atoms with E-state index in [-0.39, 0.29) is 43.1 Å². The zero-order valence-corrected chi connectivity index (χ0v) is 22.7. The molecule has 13 heteroatoms. The number of halogens is 2. The van der Waals surface area contributed by atoms with E-state index >= 15 is 0 Å². The first-order valence-electron chi connectivity index (χ1n) is 13.3. The number of ether oxygens (including phenoxy) is 2. The molecule has 0 radical (unpaired) electrons. The molecule has 0 spiro atoms. The van der Waals surface area contributed by atoms with E-state index in [4.69, 9.17) is 19.4 Å². The SMILES string of the molecule is CCCSc1nc(N[C@@H]2C[C@H]2c2ccc(F)c(F)c2)c2nnn([C@@H]3C[C@H](CCC(=O)OCC)O[C@H]3CO)c2n1. The minimum atomic E-state index is -0.865. The first-order chi connectivity index (χ1) is 18.9. The molecule has 0 amide bonds. The van der Waals surface area contributed by atoms with Crippen LogP contribution in [0.15, 0.2) is 23.4 Å². The summed E-state index contributed by atoms with van der Waals surface area (Å²) in [6, 6.07) is 3.65. The lowest BCUT2D eigenvalue weighted by Gasteiger charge is -2.16. The van der Waals surface area contributed by atoms with Crippen LogP contribution in [0.2, 0.25) is 0 Å². The molecule has 5 rings (SSSR count). The van der Waals surface area contributed by atoms with Crippen LogP contribution in [0.4, 0.5) is 14.6 Å². The van der Waals surface area contributed by atoms with Gasteiger partial charge in [-0.15, -0.1) is 5.10 Å². The molecule has 1 aromatic carbocycles. The highest BCUT2D eigenvalue weighted by Crippen LogP contribution is 2.44. The Balaban J connectivity index is 1.38. The maximum atomic E-state index is 13.8. The van der Waals surface area contributed by atoms with Gasteiger partial charge in [-0.3, -0.25) is 4.79 Å². The maximum absolute atomic E-state index is 13.8. The summed E-state index contributed by atoms with van der Waals surface area (Å²) in [5.41, 5.74) is 1.73. The molecule has 5 atom stereocenters. The van der Waals surface area contributed by atoms with E-state index in [1.807, 2.05) is 0 Å². The van der Waals surface area contributed by atoms with E-state index in [9.17, 15) is 18.7 Å². The van der Waals surface area contributed by atoms with Crippen LogP contribution in [0.1, 0.15) is 63.5 Å². The fraction of sp³-hybridized carbons (Fsp3) is 0.577. The van der Waals surface area contributed by atoms with Gasteiger partial charge in [-0.2, -0.15) is 0 Å². The van der Waals surface area contributed by atoms with Crippen molar-refractivity contribution in [1.82, 2.24) is 25.0 Å². The summed E-state index contributed by atoms with van der Waals surface area (Å²) in [6.07, 6.45) is 2.16. The lowest BCUT2D eigenvalue weighted by molar-refractivity contribution is -0.143. The summed E-state index contributed by atoms with van der Waals surface area (Å²) in [7, 11) is 0. The number of carbonyl (C=O) groups excluding carboxylic acids is 1. The standard InChI is InChI=1S/C26H32F2N6O4S/c1-3-9-39-26-30-24(29-19-12-16(19)14-5-7-17(27)18(28)10-14)23-25(31-26)34(33-32-23)20-11-15(38-21(20)13-35)6-8-22(36)37-4-2/h5,7,10,15-16,19-21,35H,3-4,6,8-9,11-13H2,1-2H3,(H,29,30,31)/t15-,16-,19+,20+,21-/m0/s1. The molecule has 1 saturated carbocycles. The van der Waals surface area contributed by atoms with Crippen molar-refractivity contribution in [3.8, 4) is 0 Å². The zero-order valence-electron chi connectivity index (χ0n) is 21.8. The van der Waals surface area contributed by atoms with Crippen LogP contribution in [-0.4, -0.2) is 73.3 Å². The molecule has 0 bridgehead atoms. The van der Waals surface area contributed by atoms with E-state index in [0.717, 1.165) is 30.2 Å². The van der Waals surface area contributed by atoms with Gasteiger partial charge in [-0.05, 0) is 50.3 Å². The lowest BCUT2D eigenvalue weighted by Crippen LogP contribution is -2.25. The third-order valence-corrected chi connectivity index (χ3v) is 8.05. The number of hydrogen-bond acceptors (Lipinski definition) is 10. The van der Waals surface area contributed by atoms with Crippen LogP contribution in [0.25, 0.3) is 11.2 Å². The number of aliphatic hydroxyl groups is 1. The molecule has 2 aromatic heterocycles. The van der Waals surface area contributed by atoms with Gasteiger partial charge in [0.1, 0.15) is 6.10 Å². The Morgan fingerprint density at radius 3 is 2.85 bits per heavy atom. The summed E-state index contributed by atoms with van der Waals surface area (Å²) in [4.78, 5) is 21.3. The highest BCUT2D eigenvalue weighted by Gasteiger charge is 2.41. The van der Waals surface area contributed by atoms with Gasteiger partial charge < -0.3 is 19.9 Å². The molecule has 1 saturated heterocycles.